The lowest BCUT2D eigenvalue weighted by Crippen LogP contribution is -2.55. The lowest BCUT2D eigenvalue weighted by atomic mass is 10.2. The fraction of sp³-hybridized carbons (Fsp3) is 0.600. The van der Waals surface area contributed by atoms with Crippen LogP contribution in [0.4, 0.5) is 0 Å². The van der Waals surface area contributed by atoms with Gasteiger partial charge in [-0.3, -0.25) is 9.79 Å². The first-order chi connectivity index (χ1) is 14.3. The Bertz CT molecular complexity index is 856. The van der Waals surface area contributed by atoms with Crippen LogP contribution in [0.3, 0.4) is 0 Å². The molecule has 166 valence electrons. The molecule has 1 aromatic carbocycles. The number of aliphatic imine (C=N–C) groups is 1. The Morgan fingerprint density at radius 1 is 1.17 bits per heavy atom. The van der Waals surface area contributed by atoms with Crippen molar-refractivity contribution < 1.29 is 17.9 Å². The summed E-state index contributed by atoms with van der Waals surface area (Å²) in [6.45, 7) is 3.92. The smallest absolute Gasteiger partial charge is 0.251 e. The van der Waals surface area contributed by atoms with Gasteiger partial charge in [-0.15, -0.1) is 0 Å². The summed E-state index contributed by atoms with van der Waals surface area (Å²) in [6.07, 6.45) is 1.50. The second-order valence-electron chi connectivity index (χ2n) is 7.65. The molecule has 2 aliphatic heterocycles. The summed E-state index contributed by atoms with van der Waals surface area (Å²) in [6, 6.07) is 6.83. The largest absolute Gasteiger partial charge is 0.368 e. The number of nitrogens with one attached hydrogen (secondary N) is 1. The van der Waals surface area contributed by atoms with Crippen LogP contribution in [0.15, 0.2) is 34.2 Å². The zero-order valence-corrected chi connectivity index (χ0v) is 18.7. The third-order valence-corrected chi connectivity index (χ3v) is 7.29. The highest BCUT2D eigenvalue weighted by Crippen LogP contribution is 2.16. The molecule has 1 N–H and O–H groups in total. The summed E-state index contributed by atoms with van der Waals surface area (Å²) < 4.78 is 31.1. The molecular formula is C20H31N5O4S. The Hall–Kier alpha value is -2.17. The quantitative estimate of drug-likeness (QED) is 0.527. The van der Waals surface area contributed by atoms with E-state index >= 15 is 0 Å². The first-order valence-corrected chi connectivity index (χ1v) is 11.6. The number of benzene rings is 1. The number of carbonyl (C=O) groups excluding carboxylic acids is 1. The molecule has 30 heavy (non-hydrogen) atoms. The average molecular weight is 438 g/mol. The molecule has 2 fully saturated rings. The monoisotopic (exact) mass is 437 g/mol. The van der Waals surface area contributed by atoms with Crippen LogP contribution in [0.5, 0.6) is 0 Å². The highest BCUT2D eigenvalue weighted by molar-refractivity contribution is 7.89. The molecule has 9 nitrogen and oxygen atoms in total. The molecule has 2 aliphatic rings. The first-order valence-electron chi connectivity index (χ1n) is 10.2. The molecule has 10 heteroatoms. The molecule has 0 bridgehead atoms. The number of ether oxygens (including phenoxy) is 1. The maximum atomic E-state index is 12.5. The maximum absolute atomic E-state index is 12.5. The van der Waals surface area contributed by atoms with E-state index in [0.717, 1.165) is 24.4 Å². The molecule has 0 saturated carbocycles. The minimum atomic E-state index is -3.43. The van der Waals surface area contributed by atoms with Crippen LogP contribution in [0.2, 0.25) is 0 Å². The van der Waals surface area contributed by atoms with Crippen molar-refractivity contribution in [1.29, 1.82) is 0 Å². The van der Waals surface area contributed by atoms with Gasteiger partial charge in [0.1, 0.15) is 6.10 Å². The Balaban J connectivity index is 1.51. The molecule has 2 heterocycles. The van der Waals surface area contributed by atoms with E-state index < -0.39 is 10.0 Å². The first kappa shape index (κ1) is 22.5. The highest BCUT2D eigenvalue weighted by atomic mass is 32.2. The van der Waals surface area contributed by atoms with Crippen molar-refractivity contribution in [2.45, 2.75) is 30.4 Å². The fourth-order valence-corrected chi connectivity index (χ4v) is 4.52. The van der Waals surface area contributed by atoms with Gasteiger partial charge in [-0.25, -0.2) is 12.7 Å². The van der Waals surface area contributed by atoms with Crippen LogP contribution >= 0.6 is 0 Å². The van der Waals surface area contributed by atoms with Crippen molar-refractivity contribution in [3.8, 4) is 0 Å². The zero-order chi connectivity index (χ0) is 21.7. The Morgan fingerprint density at radius 2 is 1.80 bits per heavy atom. The standard InChI is InChI=1S/C20H31N5O4S/c1-21-20(22-15-16-6-8-17(9-7-16)30(27,28)23(2)3)25-12-10-24(11-13-25)19(26)18-5-4-14-29-18/h6-9,18H,4-5,10-15H2,1-3H3,(H,21,22). The van der Waals surface area contributed by atoms with Crippen molar-refractivity contribution in [1.82, 2.24) is 19.4 Å². The number of rotatable bonds is 5. The van der Waals surface area contributed by atoms with Gasteiger partial charge >= 0.3 is 0 Å². The molecule has 1 amide bonds. The van der Waals surface area contributed by atoms with Gasteiger partial charge in [-0.05, 0) is 30.5 Å². The van der Waals surface area contributed by atoms with Crippen LogP contribution < -0.4 is 5.32 Å². The molecule has 1 atom stereocenters. The van der Waals surface area contributed by atoms with Crippen LogP contribution in [-0.4, -0.2) is 94.4 Å². The van der Waals surface area contributed by atoms with Gasteiger partial charge in [0, 0.05) is 60.5 Å². The number of sulfonamides is 1. The normalized spacial score (nSPS) is 20.7. The minimum absolute atomic E-state index is 0.0999. The molecule has 3 rings (SSSR count). The van der Waals surface area contributed by atoms with Crippen LogP contribution in [0.1, 0.15) is 18.4 Å². The highest BCUT2D eigenvalue weighted by Gasteiger charge is 2.30. The summed E-state index contributed by atoms with van der Waals surface area (Å²) in [5, 5.41) is 3.32. The van der Waals surface area contributed by atoms with Gasteiger partial charge in [-0.2, -0.15) is 0 Å². The number of hydrogen-bond donors (Lipinski definition) is 1. The van der Waals surface area contributed by atoms with Gasteiger partial charge in [0.25, 0.3) is 5.91 Å². The van der Waals surface area contributed by atoms with Crippen molar-refractivity contribution in [2.24, 2.45) is 4.99 Å². The average Bonchev–Trinajstić information content (AvgIpc) is 3.29. The molecule has 0 aliphatic carbocycles. The van der Waals surface area contributed by atoms with E-state index in [4.69, 9.17) is 4.74 Å². The Kier molecular flexibility index (Phi) is 7.32. The number of piperazine rings is 1. The predicted octanol–water partition coefficient (Wildman–Crippen LogP) is 0.336. The Labute approximate surface area is 178 Å². The van der Waals surface area contributed by atoms with Gasteiger partial charge < -0.3 is 19.9 Å². The molecule has 1 aromatic rings. The lowest BCUT2D eigenvalue weighted by molar-refractivity contribution is -0.142. The van der Waals surface area contributed by atoms with Gasteiger partial charge in [-0.1, -0.05) is 12.1 Å². The van der Waals surface area contributed by atoms with E-state index in [2.05, 4.69) is 15.2 Å². The van der Waals surface area contributed by atoms with E-state index in [1.807, 2.05) is 4.90 Å². The predicted molar refractivity (Wildman–Crippen MR) is 115 cm³/mol. The third kappa shape index (κ3) is 5.11. The maximum Gasteiger partial charge on any atom is 0.251 e. The van der Waals surface area contributed by atoms with E-state index in [0.29, 0.717) is 39.3 Å². The third-order valence-electron chi connectivity index (χ3n) is 5.46. The van der Waals surface area contributed by atoms with Gasteiger partial charge in [0.05, 0.1) is 4.90 Å². The number of hydrogen-bond acceptors (Lipinski definition) is 5. The van der Waals surface area contributed by atoms with Crippen LogP contribution in [-0.2, 0) is 26.1 Å². The molecule has 0 spiro atoms. The molecule has 2 saturated heterocycles. The molecule has 1 unspecified atom stereocenters. The van der Waals surface area contributed by atoms with Crippen LogP contribution in [0.25, 0.3) is 0 Å². The van der Waals surface area contributed by atoms with Gasteiger partial charge in [0.2, 0.25) is 10.0 Å². The van der Waals surface area contributed by atoms with Gasteiger partial charge in [0.15, 0.2) is 5.96 Å². The summed E-state index contributed by atoms with van der Waals surface area (Å²) in [7, 11) is 1.34. The lowest BCUT2D eigenvalue weighted by Gasteiger charge is -2.37. The minimum Gasteiger partial charge on any atom is -0.368 e. The second kappa shape index (κ2) is 9.76. The molecule has 0 radical (unpaired) electrons. The number of carbonyl (C=O) groups is 1. The number of guanidine groups is 1. The van der Waals surface area contributed by atoms with Crippen molar-refractivity contribution in [3.05, 3.63) is 29.8 Å². The SMILES string of the molecule is CN=C(NCc1ccc(S(=O)(=O)N(C)C)cc1)N1CCN(C(=O)C2CCCO2)CC1. The number of amides is 1. The van der Waals surface area contributed by atoms with E-state index in [9.17, 15) is 13.2 Å². The summed E-state index contributed by atoms with van der Waals surface area (Å²) >= 11 is 0. The van der Waals surface area contributed by atoms with Crippen molar-refractivity contribution in [2.75, 3.05) is 53.9 Å². The van der Waals surface area contributed by atoms with Crippen LogP contribution in [0, 0.1) is 0 Å². The topological polar surface area (TPSA) is 94.5 Å². The second-order valence-corrected chi connectivity index (χ2v) is 9.80. The number of nitrogens with zero attached hydrogens (tertiary/aromatic N) is 4. The van der Waals surface area contributed by atoms with E-state index in [-0.39, 0.29) is 16.9 Å². The fourth-order valence-electron chi connectivity index (χ4n) is 3.62. The molecule has 0 aromatic heterocycles. The summed E-state index contributed by atoms with van der Waals surface area (Å²) in [5.41, 5.74) is 0.959. The van der Waals surface area contributed by atoms with E-state index in [1.165, 1.54) is 18.4 Å². The molecular weight excluding hydrogens is 406 g/mol. The Morgan fingerprint density at radius 3 is 2.33 bits per heavy atom. The zero-order valence-electron chi connectivity index (χ0n) is 17.9. The van der Waals surface area contributed by atoms with Crippen molar-refractivity contribution >= 4 is 21.9 Å². The van der Waals surface area contributed by atoms with E-state index in [1.54, 1.807) is 31.3 Å². The summed E-state index contributed by atoms with van der Waals surface area (Å²) in [5.74, 6) is 0.868. The summed E-state index contributed by atoms with van der Waals surface area (Å²) in [4.78, 5) is 21.1. The van der Waals surface area contributed by atoms with Crippen molar-refractivity contribution in [3.63, 3.8) is 0 Å².